The zero-order valence-electron chi connectivity index (χ0n) is 17.9. The zero-order chi connectivity index (χ0) is 21.8. The molecule has 2 aliphatic heterocycles. The summed E-state index contributed by atoms with van der Waals surface area (Å²) in [4.78, 5) is 30.3. The lowest BCUT2D eigenvalue weighted by atomic mass is 10.0. The molecule has 2 amide bonds. The molecule has 0 aromatic heterocycles. The standard InChI is InChI=1S/C24H27N3O4/c1-17-7-9-18(10-8-17)25-22-21(19-5-3-4-6-20(19)30-2)23(28)27(24(22)29)12-11-26-13-15-31-16-14-26/h3-10,25H,11-16H2,1-2H3. The summed E-state index contributed by atoms with van der Waals surface area (Å²) in [6.45, 7) is 5.91. The van der Waals surface area contributed by atoms with Gasteiger partial charge in [-0.15, -0.1) is 0 Å². The lowest BCUT2D eigenvalue weighted by Crippen LogP contribution is -2.43. The van der Waals surface area contributed by atoms with Gasteiger partial charge in [0.2, 0.25) is 0 Å². The van der Waals surface area contributed by atoms with Gasteiger partial charge >= 0.3 is 0 Å². The maximum Gasteiger partial charge on any atom is 0.278 e. The van der Waals surface area contributed by atoms with Crippen LogP contribution in [0.5, 0.6) is 5.75 Å². The monoisotopic (exact) mass is 421 g/mol. The summed E-state index contributed by atoms with van der Waals surface area (Å²) in [6.07, 6.45) is 0. The second kappa shape index (κ2) is 9.32. The van der Waals surface area contributed by atoms with Crippen LogP contribution < -0.4 is 10.1 Å². The molecule has 2 aliphatic rings. The number of aryl methyl sites for hydroxylation is 1. The molecule has 2 aromatic rings. The Labute approximate surface area is 182 Å². The number of hydrogen-bond acceptors (Lipinski definition) is 6. The third-order valence-corrected chi connectivity index (χ3v) is 5.61. The van der Waals surface area contributed by atoms with E-state index >= 15 is 0 Å². The number of anilines is 1. The minimum absolute atomic E-state index is 0.278. The Morgan fingerprint density at radius 3 is 2.39 bits per heavy atom. The van der Waals surface area contributed by atoms with Gasteiger partial charge in [-0.2, -0.15) is 0 Å². The van der Waals surface area contributed by atoms with Crippen molar-refractivity contribution in [2.24, 2.45) is 0 Å². The Balaban J connectivity index is 1.65. The highest BCUT2D eigenvalue weighted by atomic mass is 16.5. The van der Waals surface area contributed by atoms with E-state index in [1.165, 1.54) is 4.90 Å². The third-order valence-electron chi connectivity index (χ3n) is 5.61. The molecular weight excluding hydrogens is 394 g/mol. The maximum absolute atomic E-state index is 13.4. The van der Waals surface area contributed by atoms with Crippen molar-refractivity contribution in [1.29, 1.82) is 0 Å². The van der Waals surface area contributed by atoms with Crippen LogP contribution in [-0.2, 0) is 14.3 Å². The van der Waals surface area contributed by atoms with Crippen LogP contribution >= 0.6 is 0 Å². The van der Waals surface area contributed by atoms with E-state index in [-0.39, 0.29) is 17.5 Å². The van der Waals surface area contributed by atoms with Crippen molar-refractivity contribution in [3.8, 4) is 5.75 Å². The van der Waals surface area contributed by atoms with E-state index in [4.69, 9.17) is 9.47 Å². The van der Waals surface area contributed by atoms with Crippen molar-refractivity contribution in [1.82, 2.24) is 9.80 Å². The fourth-order valence-electron chi connectivity index (χ4n) is 3.84. The molecule has 31 heavy (non-hydrogen) atoms. The van der Waals surface area contributed by atoms with Crippen LogP contribution in [0.15, 0.2) is 54.2 Å². The van der Waals surface area contributed by atoms with E-state index in [9.17, 15) is 9.59 Å². The average Bonchev–Trinajstić information content (AvgIpc) is 3.03. The van der Waals surface area contributed by atoms with Gasteiger partial charge < -0.3 is 14.8 Å². The number of para-hydroxylation sites is 1. The highest BCUT2D eigenvalue weighted by Crippen LogP contribution is 2.35. The molecule has 1 saturated heterocycles. The molecule has 0 bridgehead atoms. The first-order valence-electron chi connectivity index (χ1n) is 10.5. The molecule has 0 atom stereocenters. The van der Waals surface area contributed by atoms with Gasteiger partial charge in [-0.25, -0.2) is 0 Å². The number of methoxy groups -OCH3 is 1. The molecule has 2 heterocycles. The lowest BCUT2D eigenvalue weighted by Gasteiger charge is -2.28. The molecule has 0 unspecified atom stereocenters. The molecule has 4 rings (SSSR count). The van der Waals surface area contributed by atoms with Crippen LogP contribution in [0.1, 0.15) is 11.1 Å². The maximum atomic E-state index is 13.4. The van der Waals surface area contributed by atoms with Gasteiger partial charge in [0, 0.05) is 37.4 Å². The molecular formula is C24H27N3O4. The summed E-state index contributed by atoms with van der Waals surface area (Å²) < 4.78 is 10.9. The van der Waals surface area contributed by atoms with Gasteiger partial charge in [0.1, 0.15) is 11.4 Å². The predicted octanol–water partition coefficient (Wildman–Crippen LogP) is 2.53. The number of rotatable bonds is 7. The fourth-order valence-corrected chi connectivity index (χ4v) is 3.84. The molecule has 0 radical (unpaired) electrons. The third kappa shape index (κ3) is 4.47. The quantitative estimate of drug-likeness (QED) is 0.693. The van der Waals surface area contributed by atoms with Crippen LogP contribution in [0, 0.1) is 6.92 Å². The number of nitrogens with one attached hydrogen (secondary N) is 1. The van der Waals surface area contributed by atoms with Crippen molar-refractivity contribution in [2.75, 3.05) is 51.8 Å². The molecule has 1 N–H and O–H groups in total. The first-order chi connectivity index (χ1) is 15.1. The Kier molecular flexibility index (Phi) is 6.34. The summed E-state index contributed by atoms with van der Waals surface area (Å²) in [7, 11) is 1.56. The Bertz CT molecular complexity index is 994. The van der Waals surface area contributed by atoms with E-state index in [0.717, 1.165) is 24.3 Å². The molecule has 0 aliphatic carbocycles. The molecule has 2 aromatic carbocycles. The zero-order valence-corrected chi connectivity index (χ0v) is 17.9. The first kappa shape index (κ1) is 21.1. The second-order valence-corrected chi connectivity index (χ2v) is 7.66. The van der Waals surface area contributed by atoms with E-state index in [2.05, 4.69) is 10.2 Å². The number of benzene rings is 2. The number of amides is 2. The summed E-state index contributed by atoms with van der Waals surface area (Å²) >= 11 is 0. The van der Waals surface area contributed by atoms with Crippen LogP contribution in [0.2, 0.25) is 0 Å². The number of hydrogen-bond donors (Lipinski definition) is 1. The first-order valence-corrected chi connectivity index (χ1v) is 10.5. The van der Waals surface area contributed by atoms with Crippen molar-refractivity contribution >= 4 is 23.1 Å². The molecule has 0 saturated carbocycles. The summed E-state index contributed by atoms with van der Waals surface area (Å²) in [5.74, 6) is -0.0750. The minimum atomic E-state index is -0.320. The Hall–Kier alpha value is -3.16. The molecule has 162 valence electrons. The largest absolute Gasteiger partial charge is 0.496 e. The van der Waals surface area contributed by atoms with Crippen molar-refractivity contribution in [2.45, 2.75) is 6.92 Å². The van der Waals surface area contributed by atoms with Gasteiger partial charge in [0.05, 0.1) is 25.9 Å². The Morgan fingerprint density at radius 2 is 1.68 bits per heavy atom. The number of nitrogens with zero attached hydrogens (tertiary/aromatic N) is 2. The number of morpholine rings is 1. The summed E-state index contributed by atoms with van der Waals surface area (Å²) in [5.41, 5.74) is 3.09. The van der Waals surface area contributed by atoms with Gasteiger partial charge in [0.15, 0.2) is 0 Å². The number of imide groups is 1. The molecule has 7 nitrogen and oxygen atoms in total. The van der Waals surface area contributed by atoms with Gasteiger partial charge in [-0.1, -0.05) is 35.9 Å². The summed E-state index contributed by atoms with van der Waals surface area (Å²) in [5, 5.41) is 3.19. The number of ether oxygens (including phenoxy) is 2. The van der Waals surface area contributed by atoms with Crippen LogP contribution in [0.3, 0.4) is 0 Å². The van der Waals surface area contributed by atoms with Gasteiger partial charge in [-0.3, -0.25) is 19.4 Å². The van der Waals surface area contributed by atoms with E-state index in [0.29, 0.717) is 43.2 Å². The number of carbonyl (C=O) groups is 2. The molecule has 0 spiro atoms. The summed E-state index contributed by atoms with van der Waals surface area (Å²) in [6, 6.07) is 15.0. The fraction of sp³-hybridized carbons (Fsp3) is 0.333. The SMILES string of the molecule is COc1ccccc1C1=C(Nc2ccc(C)cc2)C(=O)N(CCN2CCOCC2)C1=O. The van der Waals surface area contributed by atoms with Crippen molar-refractivity contribution in [3.05, 3.63) is 65.4 Å². The van der Waals surface area contributed by atoms with Crippen molar-refractivity contribution < 1.29 is 19.1 Å². The second-order valence-electron chi connectivity index (χ2n) is 7.66. The average molecular weight is 421 g/mol. The lowest BCUT2D eigenvalue weighted by molar-refractivity contribution is -0.137. The smallest absolute Gasteiger partial charge is 0.278 e. The van der Waals surface area contributed by atoms with Crippen LogP contribution in [-0.4, -0.2) is 68.1 Å². The van der Waals surface area contributed by atoms with E-state index in [1.54, 1.807) is 13.2 Å². The predicted molar refractivity (Wildman–Crippen MR) is 119 cm³/mol. The highest BCUT2D eigenvalue weighted by molar-refractivity contribution is 6.37. The topological polar surface area (TPSA) is 71.1 Å². The van der Waals surface area contributed by atoms with Crippen LogP contribution in [0.25, 0.3) is 5.57 Å². The van der Waals surface area contributed by atoms with Gasteiger partial charge in [0.25, 0.3) is 11.8 Å². The minimum Gasteiger partial charge on any atom is -0.496 e. The van der Waals surface area contributed by atoms with Gasteiger partial charge in [-0.05, 0) is 25.1 Å². The number of carbonyl (C=O) groups excluding carboxylic acids is 2. The van der Waals surface area contributed by atoms with Crippen LogP contribution in [0.4, 0.5) is 5.69 Å². The molecule has 7 heteroatoms. The normalized spacial score (nSPS) is 17.4. The van der Waals surface area contributed by atoms with E-state index < -0.39 is 0 Å². The Morgan fingerprint density at radius 1 is 0.968 bits per heavy atom. The van der Waals surface area contributed by atoms with E-state index in [1.807, 2.05) is 49.4 Å². The highest BCUT2D eigenvalue weighted by Gasteiger charge is 2.40. The van der Waals surface area contributed by atoms with Crippen molar-refractivity contribution in [3.63, 3.8) is 0 Å². The molecule has 1 fully saturated rings.